The van der Waals surface area contributed by atoms with Crippen molar-refractivity contribution in [1.29, 1.82) is 0 Å². The van der Waals surface area contributed by atoms with Gasteiger partial charge in [0, 0.05) is 6.54 Å². The van der Waals surface area contributed by atoms with Gasteiger partial charge in [0.05, 0.1) is 34.4 Å². The summed E-state index contributed by atoms with van der Waals surface area (Å²) < 4.78 is 21.7. The summed E-state index contributed by atoms with van der Waals surface area (Å²) in [4.78, 5) is 12.1. The van der Waals surface area contributed by atoms with Crippen molar-refractivity contribution in [3.63, 3.8) is 0 Å². The molecule has 0 aliphatic rings. The lowest BCUT2D eigenvalue weighted by Gasteiger charge is -2.14. The molecule has 0 atom stereocenters. The van der Waals surface area contributed by atoms with Crippen molar-refractivity contribution in [2.45, 2.75) is 26.8 Å². The van der Waals surface area contributed by atoms with Crippen LogP contribution in [0.2, 0.25) is 0 Å². The molecule has 2 rings (SSSR count). The van der Waals surface area contributed by atoms with Gasteiger partial charge in [-0.3, -0.25) is 4.79 Å². The van der Waals surface area contributed by atoms with Crippen LogP contribution in [0.4, 0.5) is 0 Å². The van der Waals surface area contributed by atoms with Gasteiger partial charge in [-0.15, -0.1) is 0 Å². The number of carbonyl (C=O) groups excluding carboxylic acids is 1. The second kappa shape index (κ2) is 9.71. The minimum atomic E-state index is -0.0888. The molecule has 0 saturated heterocycles. The molecular formula is C21H27NO5. The molecule has 0 bridgehead atoms. The minimum absolute atomic E-state index is 0.0888. The highest BCUT2D eigenvalue weighted by atomic mass is 16.5. The number of amides is 1. The standard InChI is InChI=1S/C21H27NO5/c1-14-7-6-8-17(15(14)2)27-10-9-20(23)22-13-16-11-18(24-3)21(26-5)19(12-16)25-4/h6-8,11-12H,9-10,13H2,1-5H3,(H,22,23). The molecular weight excluding hydrogens is 346 g/mol. The molecule has 0 aromatic heterocycles. The molecule has 0 radical (unpaired) electrons. The van der Waals surface area contributed by atoms with E-state index in [2.05, 4.69) is 5.32 Å². The van der Waals surface area contributed by atoms with Crippen LogP contribution < -0.4 is 24.3 Å². The molecule has 0 heterocycles. The Morgan fingerprint density at radius 1 is 0.963 bits per heavy atom. The van der Waals surface area contributed by atoms with Crippen LogP contribution in [0, 0.1) is 13.8 Å². The first-order chi connectivity index (χ1) is 13.0. The van der Waals surface area contributed by atoms with Crippen LogP contribution in [-0.4, -0.2) is 33.8 Å². The van der Waals surface area contributed by atoms with E-state index in [4.69, 9.17) is 18.9 Å². The first-order valence-electron chi connectivity index (χ1n) is 8.74. The van der Waals surface area contributed by atoms with E-state index in [1.165, 1.54) is 5.56 Å². The lowest BCUT2D eigenvalue weighted by atomic mass is 10.1. The van der Waals surface area contributed by atoms with E-state index in [9.17, 15) is 4.79 Å². The molecule has 0 saturated carbocycles. The summed E-state index contributed by atoms with van der Waals surface area (Å²) in [5.74, 6) is 2.36. The highest BCUT2D eigenvalue weighted by Crippen LogP contribution is 2.38. The number of aryl methyl sites for hydroxylation is 1. The largest absolute Gasteiger partial charge is 0.493 e. The molecule has 2 aromatic carbocycles. The molecule has 6 heteroatoms. The van der Waals surface area contributed by atoms with E-state index in [1.54, 1.807) is 21.3 Å². The normalized spacial score (nSPS) is 10.3. The number of ether oxygens (including phenoxy) is 4. The molecule has 27 heavy (non-hydrogen) atoms. The number of benzene rings is 2. The molecule has 1 N–H and O–H groups in total. The van der Waals surface area contributed by atoms with E-state index in [-0.39, 0.29) is 12.3 Å². The van der Waals surface area contributed by atoms with Crippen LogP contribution in [-0.2, 0) is 11.3 Å². The molecule has 1 amide bonds. The lowest BCUT2D eigenvalue weighted by Crippen LogP contribution is -2.24. The molecule has 0 fully saturated rings. The molecule has 2 aromatic rings. The molecule has 0 aliphatic heterocycles. The Balaban J connectivity index is 1.89. The number of methoxy groups -OCH3 is 3. The second-order valence-electron chi connectivity index (χ2n) is 6.11. The Labute approximate surface area is 160 Å². The summed E-state index contributed by atoms with van der Waals surface area (Å²) in [6.07, 6.45) is 0.276. The van der Waals surface area contributed by atoms with E-state index >= 15 is 0 Å². The van der Waals surface area contributed by atoms with Crippen molar-refractivity contribution in [3.05, 3.63) is 47.0 Å². The van der Waals surface area contributed by atoms with Crippen LogP contribution in [0.15, 0.2) is 30.3 Å². The Hall–Kier alpha value is -2.89. The van der Waals surface area contributed by atoms with Crippen LogP contribution in [0.3, 0.4) is 0 Å². The second-order valence-corrected chi connectivity index (χ2v) is 6.11. The topological polar surface area (TPSA) is 66.0 Å². The van der Waals surface area contributed by atoms with Crippen molar-refractivity contribution >= 4 is 5.91 Å². The number of carbonyl (C=O) groups is 1. The number of rotatable bonds is 9. The lowest BCUT2D eigenvalue weighted by molar-refractivity contribution is -0.121. The first kappa shape index (κ1) is 20.4. The Morgan fingerprint density at radius 2 is 1.63 bits per heavy atom. The zero-order valence-corrected chi connectivity index (χ0v) is 16.5. The van der Waals surface area contributed by atoms with E-state index in [0.717, 1.165) is 16.9 Å². The molecule has 0 aliphatic carbocycles. The minimum Gasteiger partial charge on any atom is -0.493 e. The third-order valence-electron chi connectivity index (χ3n) is 4.36. The maximum absolute atomic E-state index is 12.1. The third-order valence-corrected chi connectivity index (χ3v) is 4.36. The van der Waals surface area contributed by atoms with Gasteiger partial charge in [-0.2, -0.15) is 0 Å². The average Bonchev–Trinajstić information content (AvgIpc) is 2.68. The quantitative estimate of drug-likeness (QED) is 0.730. The summed E-state index contributed by atoms with van der Waals surface area (Å²) in [7, 11) is 4.67. The summed E-state index contributed by atoms with van der Waals surface area (Å²) in [6.45, 7) is 4.73. The maximum Gasteiger partial charge on any atom is 0.223 e. The van der Waals surface area contributed by atoms with E-state index in [1.807, 2.05) is 44.2 Å². The van der Waals surface area contributed by atoms with Crippen molar-refractivity contribution < 1.29 is 23.7 Å². The molecule has 146 valence electrons. The molecule has 0 unspecified atom stereocenters. The van der Waals surface area contributed by atoms with Crippen LogP contribution in [0.5, 0.6) is 23.0 Å². The first-order valence-corrected chi connectivity index (χ1v) is 8.74. The van der Waals surface area contributed by atoms with Crippen molar-refractivity contribution in [2.75, 3.05) is 27.9 Å². The average molecular weight is 373 g/mol. The Morgan fingerprint density at radius 3 is 2.22 bits per heavy atom. The zero-order valence-electron chi connectivity index (χ0n) is 16.5. The monoisotopic (exact) mass is 373 g/mol. The number of nitrogens with one attached hydrogen (secondary N) is 1. The number of hydrogen-bond acceptors (Lipinski definition) is 5. The fourth-order valence-electron chi connectivity index (χ4n) is 2.66. The third kappa shape index (κ3) is 5.29. The molecule has 6 nitrogen and oxygen atoms in total. The van der Waals surface area contributed by atoms with Crippen molar-refractivity contribution in [2.24, 2.45) is 0 Å². The van der Waals surface area contributed by atoms with Crippen molar-refractivity contribution in [1.82, 2.24) is 5.32 Å². The predicted octanol–water partition coefficient (Wildman–Crippen LogP) is 3.41. The Kier molecular flexibility index (Phi) is 7.34. The van der Waals surface area contributed by atoms with Gasteiger partial charge >= 0.3 is 0 Å². The van der Waals surface area contributed by atoms with Crippen LogP contribution >= 0.6 is 0 Å². The smallest absolute Gasteiger partial charge is 0.223 e. The highest BCUT2D eigenvalue weighted by Gasteiger charge is 2.13. The zero-order chi connectivity index (χ0) is 19.8. The molecule has 0 spiro atoms. The highest BCUT2D eigenvalue weighted by molar-refractivity contribution is 5.76. The predicted molar refractivity (Wildman–Crippen MR) is 104 cm³/mol. The SMILES string of the molecule is COc1cc(CNC(=O)CCOc2cccc(C)c2C)cc(OC)c1OC. The van der Waals surface area contributed by atoms with Crippen molar-refractivity contribution in [3.8, 4) is 23.0 Å². The fourth-order valence-corrected chi connectivity index (χ4v) is 2.66. The van der Waals surface area contributed by atoms with Gasteiger partial charge in [0.25, 0.3) is 0 Å². The van der Waals surface area contributed by atoms with Gasteiger partial charge in [0.15, 0.2) is 11.5 Å². The van der Waals surface area contributed by atoms with Gasteiger partial charge in [-0.1, -0.05) is 12.1 Å². The Bertz CT molecular complexity index is 763. The van der Waals surface area contributed by atoms with E-state index in [0.29, 0.717) is 30.4 Å². The van der Waals surface area contributed by atoms with Gasteiger partial charge < -0.3 is 24.3 Å². The number of hydrogen-bond donors (Lipinski definition) is 1. The summed E-state index contributed by atoms with van der Waals surface area (Å²) in [5.41, 5.74) is 3.11. The van der Waals surface area contributed by atoms with Gasteiger partial charge in [0.1, 0.15) is 5.75 Å². The van der Waals surface area contributed by atoms with Gasteiger partial charge in [0.2, 0.25) is 11.7 Å². The fraction of sp³-hybridized carbons (Fsp3) is 0.381. The van der Waals surface area contributed by atoms with Crippen LogP contribution in [0.25, 0.3) is 0 Å². The maximum atomic E-state index is 12.1. The van der Waals surface area contributed by atoms with Crippen LogP contribution in [0.1, 0.15) is 23.1 Å². The van der Waals surface area contributed by atoms with E-state index < -0.39 is 0 Å². The van der Waals surface area contributed by atoms with Gasteiger partial charge in [-0.05, 0) is 48.7 Å². The summed E-state index contributed by atoms with van der Waals surface area (Å²) in [6, 6.07) is 9.52. The van der Waals surface area contributed by atoms with Gasteiger partial charge in [-0.25, -0.2) is 0 Å². The summed E-state index contributed by atoms with van der Waals surface area (Å²) in [5, 5.41) is 2.88. The summed E-state index contributed by atoms with van der Waals surface area (Å²) >= 11 is 0.